The van der Waals surface area contributed by atoms with Crippen LogP contribution in [0.15, 0.2) is 36.4 Å². The van der Waals surface area contributed by atoms with E-state index in [0.717, 1.165) is 22.3 Å². The van der Waals surface area contributed by atoms with Crippen molar-refractivity contribution >= 4 is 23.4 Å². The van der Waals surface area contributed by atoms with Crippen molar-refractivity contribution in [3.05, 3.63) is 63.7 Å². The van der Waals surface area contributed by atoms with Crippen molar-refractivity contribution in [2.45, 2.75) is 66.6 Å². The standard InChI is InChI=1S/C25H33ClN2O3/c1-16-8-10-20(11-9-16)14-28(19(4)24(30)27-25(5,6)7)22(29)15-31-21-12-17(2)23(26)18(3)13-21/h8-13,19H,14-15H2,1-7H3,(H,27,30)/t19-/m0/s1. The third-order valence-electron chi connectivity index (χ3n) is 4.91. The molecule has 0 aromatic heterocycles. The summed E-state index contributed by atoms with van der Waals surface area (Å²) in [4.78, 5) is 27.5. The maximum Gasteiger partial charge on any atom is 0.261 e. The highest BCUT2D eigenvalue weighted by molar-refractivity contribution is 6.32. The molecule has 0 fully saturated rings. The summed E-state index contributed by atoms with van der Waals surface area (Å²) >= 11 is 6.22. The highest BCUT2D eigenvalue weighted by Crippen LogP contribution is 2.26. The second-order valence-electron chi connectivity index (χ2n) is 9.08. The SMILES string of the molecule is Cc1ccc(CN(C(=O)COc2cc(C)c(Cl)c(C)c2)[C@@H](C)C(=O)NC(C)(C)C)cc1. The van der Waals surface area contributed by atoms with Gasteiger partial charge in [0, 0.05) is 17.1 Å². The molecule has 31 heavy (non-hydrogen) atoms. The van der Waals surface area contributed by atoms with E-state index in [9.17, 15) is 9.59 Å². The van der Waals surface area contributed by atoms with Crippen molar-refractivity contribution in [3.8, 4) is 5.75 Å². The van der Waals surface area contributed by atoms with Crippen LogP contribution in [0.1, 0.15) is 49.9 Å². The summed E-state index contributed by atoms with van der Waals surface area (Å²) in [5.74, 6) is 0.114. The molecule has 0 aliphatic rings. The Hall–Kier alpha value is -2.53. The Morgan fingerprint density at radius 2 is 1.61 bits per heavy atom. The van der Waals surface area contributed by atoms with E-state index in [1.807, 2.05) is 77.9 Å². The van der Waals surface area contributed by atoms with Crippen LogP contribution in [0.3, 0.4) is 0 Å². The number of rotatable bonds is 7. The first-order valence-electron chi connectivity index (χ1n) is 10.4. The van der Waals surface area contributed by atoms with Gasteiger partial charge in [0.1, 0.15) is 11.8 Å². The van der Waals surface area contributed by atoms with Crippen molar-refractivity contribution in [2.75, 3.05) is 6.61 Å². The summed E-state index contributed by atoms with van der Waals surface area (Å²) in [7, 11) is 0. The Labute approximate surface area is 190 Å². The van der Waals surface area contributed by atoms with Crippen molar-refractivity contribution in [1.82, 2.24) is 10.2 Å². The largest absolute Gasteiger partial charge is 0.484 e. The quantitative estimate of drug-likeness (QED) is 0.655. The molecule has 168 valence electrons. The first kappa shape index (κ1) is 24.7. The molecular weight excluding hydrogens is 412 g/mol. The van der Waals surface area contributed by atoms with E-state index in [1.165, 1.54) is 0 Å². The van der Waals surface area contributed by atoms with Gasteiger partial charge in [-0.2, -0.15) is 0 Å². The van der Waals surface area contributed by atoms with E-state index in [2.05, 4.69) is 5.32 Å². The summed E-state index contributed by atoms with van der Waals surface area (Å²) in [5.41, 5.74) is 3.47. The topological polar surface area (TPSA) is 58.6 Å². The van der Waals surface area contributed by atoms with Crippen LogP contribution in [0.5, 0.6) is 5.75 Å². The van der Waals surface area contributed by atoms with E-state index >= 15 is 0 Å². The van der Waals surface area contributed by atoms with Crippen LogP contribution in [0.25, 0.3) is 0 Å². The maximum atomic E-state index is 13.1. The summed E-state index contributed by atoms with van der Waals surface area (Å²) < 4.78 is 5.77. The first-order valence-corrected chi connectivity index (χ1v) is 10.8. The highest BCUT2D eigenvalue weighted by atomic mass is 35.5. The molecule has 0 spiro atoms. The molecule has 0 aliphatic heterocycles. The second-order valence-corrected chi connectivity index (χ2v) is 9.46. The van der Waals surface area contributed by atoms with Gasteiger partial charge in [-0.05, 0) is 77.3 Å². The smallest absolute Gasteiger partial charge is 0.261 e. The molecule has 2 aromatic carbocycles. The molecule has 0 aliphatic carbocycles. The van der Waals surface area contributed by atoms with Crippen LogP contribution in [-0.4, -0.2) is 34.9 Å². The number of ether oxygens (including phenoxy) is 1. The van der Waals surface area contributed by atoms with E-state index in [1.54, 1.807) is 11.8 Å². The van der Waals surface area contributed by atoms with Crippen molar-refractivity contribution in [2.24, 2.45) is 0 Å². The number of hydrogen-bond donors (Lipinski definition) is 1. The second kappa shape index (κ2) is 10.2. The molecule has 0 bridgehead atoms. The van der Waals surface area contributed by atoms with Crippen LogP contribution in [-0.2, 0) is 16.1 Å². The van der Waals surface area contributed by atoms with Crippen LogP contribution in [0.2, 0.25) is 5.02 Å². The van der Waals surface area contributed by atoms with E-state index in [-0.39, 0.29) is 18.4 Å². The fourth-order valence-electron chi connectivity index (χ4n) is 3.16. The molecule has 0 saturated carbocycles. The molecule has 6 heteroatoms. The predicted octanol–water partition coefficient (Wildman–Crippen LogP) is 4.98. The Kier molecular flexibility index (Phi) is 8.13. The molecule has 1 atom stereocenters. The van der Waals surface area contributed by atoms with Crippen molar-refractivity contribution in [3.63, 3.8) is 0 Å². The van der Waals surface area contributed by atoms with Gasteiger partial charge < -0.3 is 15.0 Å². The molecule has 2 rings (SSSR count). The lowest BCUT2D eigenvalue weighted by atomic mass is 10.1. The van der Waals surface area contributed by atoms with Crippen LogP contribution < -0.4 is 10.1 Å². The Morgan fingerprint density at radius 3 is 2.13 bits per heavy atom. The summed E-state index contributed by atoms with van der Waals surface area (Å²) in [6.45, 7) is 13.4. The number of aryl methyl sites for hydroxylation is 3. The van der Waals surface area contributed by atoms with Gasteiger partial charge in [0.15, 0.2) is 6.61 Å². The Bertz CT molecular complexity index is 910. The average Bonchev–Trinajstić information content (AvgIpc) is 2.67. The highest BCUT2D eigenvalue weighted by Gasteiger charge is 2.28. The van der Waals surface area contributed by atoms with Gasteiger partial charge in [-0.3, -0.25) is 9.59 Å². The van der Waals surface area contributed by atoms with Crippen molar-refractivity contribution < 1.29 is 14.3 Å². The minimum atomic E-state index is -0.648. The summed E-state index contributed by atoms with van der Waals surface area (Å²) in [6, 6.07) is 10.9. The van der Waals surface area contributed by atoms with E-state index in [4.69, 9.17) is 16.3 Å². The lowest BCUT2D eigenvalue weighted by molar-refractivity contribution is -0.142. The third-order valence-corrected chi connectivity index (χ3v) is 5.51. The monoisotopic (exact) mass is 444 g/mol. The van der Waals surface area contributed by atoms with Gasteiger partial charge in [0.05, 0.1) is 0 Å². The number of carbonyl (C=O) groups excluding carboxylic acids is 2. The number of nitrogens with zero attached hydrogens (tertiary/aromatic N) is 1. The normalized spacial score (nSPS) is 12.3. The minimum Gasteiger partial charge on any atom is -0.484 e. The van der Waals surface area contributed by atoms with Crippen LogP contribution in [0, 0.1) is 20.8 Å². The fraction of sp³-hybridized carbons (Fsp3) is 0.440. The van der Waals surface area contributed by atoms with E-state index < -0.39 is 11.6 Å². The Morgan fingerprint density at radius 1 is 1.06 bits per heavy atom. The number of carbonyl (C=O) groups is 2. The third kappa shape index (κ3) is 7.28. The zero-order valence-corrected chi connectivity index (χ0v) is 20.3. The van der Waals surface area contributed by atoms with Gasteiger partial charge >= 0.3 is 0 Å². The maximum absolute atomic E-state index is 13.1. The fourth-order valence-corrected chi connectivity index (χ4v) is 3.27. The molecule has 2 amide bonds. The minimum absolute atomic E-state index is 0.167. The van der Waals surface area contributed by atoms with Gasteiger partial charge in [0.2, 0.25) is 5.91 Å². The van der Waals surface area contributed by atoms with Gasteiger partial charge in [-0.25, -0.2) is 0 Å². The zero-order chi connectivity index (χ0) is 23.3. The molecule has 0 radical (unpaired) electrons. The summed E-state index contributed by atoms with van der Waals surface area (Å²) in [6.07, 6.45) is 0. The van der Waals surface area contributed by atoms with Gasteiger partial charge in [0.25, 0.3) is 5.91 Å². The number of hydrogen-bond acceptors (Lipinski definition) is 3. The first-order chi connectivity index (χ1) is 14.4. The lowest BCUT2D eigenvalue weighted by Crippen LogP contribution is -2.53. The molecule has 0 unspecified atom stereocenters. The molecule has 1 N–H and O–H groups in total. The number of amides is 2. The zero-order valence-electron chi connectivity index (χ0n) is 19.5. The number of benzene rings is 2. The molecular formula is C25H33ClN2O3. The lowest BCUT2D eigenvalue weighted by Gasteiger charge is -2.31. The van der Waals surface area contributed by atoms with Crippen molar-refractivity contribution in [1.29, 1.82) is 0 Å². The Balaban J connectivity index is 2.20. The predicted molar refractivity (Wildman–Crippen MR) is 126 cm³/mol. The number of nitrogens with one attached hydrogen (secondary N) is 1. The molecule has 5 nitrogen and oxygen atoms in total. The molecule has 0 heterocycles. The van der Waals surface area contributed by atoms with Gasteiger partial charge in [-0.1, -0.05) is 41.4 Å². The molecule has 2 aromatic rings. The average molecular weight is 445 g/mol. The molecule has 0 saturated heterocycles. The van der Waals surface area contributed by atoms with Gasteiger partial charge in [-0.15, -0.1) is 0 Å². The van der Waals surface area contributed by atoms with E-state index in [0.29, 0.717) is 17.3 Å². The van der Waals surface area contributed by atoms with Crippen LogP contribution in [0.4, 0.5) is 0 Å². The summed E-state index contributed by atoms with van der Waals surface area (Å²) in [5, 5.41) is 3.64. The number of halogens is 1. The van der Waals surface area contributed by atoms with Crippen LogP contribution >= 0.6 is 11.6 Å².